The molecule has 1 aliphatic carbocycles. The number of pyridine rings is 1. The Kier molecular flexibility index (Phi) is 5.22. The van der Waals surface area contributed by atoms with Crippen molar-refractivity contribution in [3.63, 3.8) is 0 Å². The highest BCUT2D eigenvalue weighted by Crippen LogP contribution is 2.38. The van der Waals surface area contributed by atoms with Crippen LogP contribution in [0.25, 0.3) is 10.8 Å². The molecule has 2 atom stereocenters. The number of aliphatic hydroxyl groups is 1. The van der Waals surface area contributed by atoms with Gasteiger partial charge in [-0.1, -0.05) is 11.6 Å². The predicted octanol–water partition coefficient (Wildman–Crippen LogP) is 3.57. The van der Waals surface area contributed by atoms with Crippen LogP contribution in [0.5, 0.6) is 0 Å². The molecule has 2 aromatic rings. The number of aliphatic hydroxyl groups excluding tert-OH is 1. The van der Waals surface area contributed by atoms with Gasteiger partial charge in [-0.15, -0.1) is 0 Å². The van der Waals surface area contributed by atoms with Gasteiger partial charge in [-0.25, -0.2) is 4.98 Å². The van der Waals surface area contributed by atoms with Gasteiger partial charge in [-0.3, -0.25) is 9.69 Å². The summed E-state index contributed by atoms with van der Waals surface area (Å²) in [5, 5.41) is 16.1. The minimum Gasteiger partial charge on any atom is -0.389 e. The number of fused-ring (bicyclic) bond motifs is 1. The number of benzene rings is 1. The number of anilines is 1. The van der Waals surface area contributed by atoms with Crippen molar-refractivity contribution in [3.8, 4) is 0 Å². The highest BCUT2D eigenvalue weighted by molar-refractivity contribution is 6.32. The van der Waals surface area contributed by atoms with E-state index < -0.39 is 6.10 Å². The minimum atomic E-state index is -0.435. The molecule has 1 aromatic heterocycles. The molecule has 0 bridgehead atoms. The van der Waals surface area contributed by atoms with Gasteiger partial charge in [-0.05, 0) is 80.8 Å². The first-order valence-corrected chi connectivity index (χ1v) is 11.2. The number of hydrogen-bond donors (Lipinski definition) is 2. The van der Waals surface area contributed by atoms with Crippen molar-refractivity contribution < 1.29 is 14.6 Å². The first kappa shape index (κ1) is 20.2. The van der Waals surface area contributed by atoms with Crippen LogP contribution in [-0.4, -0.2) is 58.8 Å². The smallest absolute Gasteiger partial charge is 0.228 e. The molecule has 1 aromatic carbocycles. The van der Waals surface area contributed by atoms with Gasteiger partial charge in [0.05, 0.1) is 24.9 Å². The van der Waals surface area contributed by atoms with Crippen molar-refractivity contribution in [1.29, 1.82) is 0 Å². The maximum atomic E-state index is 12.1. The molecule has 1 amide bonds. The van der Waals surface area contributed by atoms with Crippen LogP contribution < -0.4 is 5.32 Å². The topological polar surface area (TPSA) is 74.7 Å². The molecule has 3 aliphatic rings. The third-order valence-electron chi connectivity index (χ3n) is 7.08. The molecule has 30 heavy (non-hydrogen) atoms. The second kappa shape index (κ2) is 7.75. The lowest BCUT2D eigenvalue weighted by Gasteiger charge is -2.43. The Labute approximate surface area is 181 Å². The number of carbonyl (C=O) groups excluding carboxylic acids is 1. The summed E-state index contributed by atoms with van der Waals surface area (Å²) >= 11 is 6.65. The SMILES string of the molecule is C[C@@]1(N2CCC(c3cc4cc(NC(=O)C5CC5)ncc4cc3Cl)CC2)COC[C@@H]1O. The molecule has 7 heteroatoms. The molecule has 2 N–H and O–H groups in total. The normalized spacial score (nSPS) is 28.2. The minimum absolute atomic E-state index is 0.0648. The third-order valence-corrected chi connectivity index (χ3v) is 7.41. The van der Waals surface area contributed by atoms with Crippen LogP contribution in [0.4, 0.5) is 5.82 Å². The summed E-state index contributed by atoms with van der Waals surface area (Å²) in [6.07, 6.45) is 5.27. The number of amides is 1. The van der Waals surface area contributed by atoms with E-state index in [1.807, 2.05) is 12.1 Å². The zero-order chi connectivity index (χ0) is 20.9. The van der Waals surface area contributed by atoms with Gasteiger partial charge in [0.15, 0.2) is 0 Å². The zero-order valence-electron chi connectivity index (χ0n) is 17.2. The monoisotopic (exact) mass is 429 g/mol. The van der Waals surface area contributed by atoms with E-state index in [1.54, 1.807) is 6.20 Å². The van der Waals surface area contributed by atoms with Crippen molar-refractivity contribution >= 4 is 34.1 Å². The lowest BCUT2D eigenvalue weighted by Crippen LogP contribution is -2.56. The van der Waals surface area contributed by atoms with Crippen molar-refractivity contribution in [3.05, 3.63) is 35.0 Å². The summed E-state index contributed by atoms with van der Waals surface area (Å²) in [6.45, 7) is 4.92. The number of halogens is 1. The van der Waals surface area contributed by atoms with E-state index in [0.717, 1.165) is 60.1 Å². The van der Waals surface area contributed by atoms with Gasteiger partial charge >= 0.3 is 0 Å². The molecule has 0 radical (unpaired) electrons. The van der Waals surface area contributed by atoms with Gasteiger partial charge in [0.1, 0.15) is 5.82 Å². The van der Waals surface area contributed by atoms with Gasteiger partial charge in [0, 0.05) is 22.5 Å². The second-order valence-corrected chi connectivity index (χ2v) is 9.61. The first-order chi connectivity index (χ1) is 14.4. The molecule has 6 nitrogen and oxygen atoms in total. The van der Waals surface area contributed by atoms with Crippen molar-refractivity contribution in [2.45, 2.75) is 50.2 Å². The number of rotatable bonds is 4. The average molecular weight is 430 g/mol. The highest BCUT2D eigenvalue weighted by Gasteiger charge is 2.45. The van der Waals surface area contributed by atoms with E-state index >= 15 is 0 Å². The molecule has 1 saturated carbocycles. The Hall–Kier alpha value is -1.73. The summed E-state index contributed by atoms with van der Waals surface area (Å²) in [4.78, 5) is 18.8. The van der Waals surface area contributed by atoms with E-state index in [1.165, 1.54) is 0 Å². The fraction of sp³-hybridized carbons (Fsp3) is 0.565. The number of likely N-dealkylation sites (tertiary alicyclic amines) is 1. The number of nitrogens with zero attached hydrogens (tertiary/aromatic N) is 2. The Morgan fingerprint density at radius 3 is 2.67 bits per heavy atom. The standard InChI is InChI=1S/C23H28ClN3O3/c1-23(13-30-12-20(23)28)27-6-4-14(5-7-27)18-8-16-10-21(26-22(29)15-2-3-15)25-11-17(16)9-19(18)24/h8-11,14-15,20,28H,2-7,12-13H2,1H3,(H,25,26,29)/t20-,23+/m0/s1. The molecule has 0 spiro atoms. The van der Waals surface area contributed by atoms with Gasteiger partial charge < -0.3 is 15.2 Å². The summed E-state index contributed by atoms with van der Waals surface area (Å²) in [6, 6.07) is 6.08. The van der Waals surface area contributed by atoms with Crippen LogP contribution in [0.3, 0.4) is 0 Å². The van der Waals surface area contributed by atoms with E-state index in [4.69, 9.17) is 16.3 Å². The van der Waals surface area contributed by atoms with E-state index in [-0.39, 0.29) is 17.4 Å². The molecule has 160 valence electrons. The molecular weight excluding hydrogens is 402 g/mol. The zero-order valence-corrected chi connectivity index (χ0v) is 18.0. The molecule has 0 unspecified atom stereocenters. The summed E-state index contributed by atoms with van der Waals surface area (Å²) in [7, 11) is 0. The Balaban J connectivity index is 1.33. The number of carbonyl (C=O) groups is 1. The summed E-state index contributed by atoms with van der Waals surface area (Å²) < 4.78 is 5.51. The average Bonchev–Trinajstić information content (AvgIpc) is 3.54. The highest BCUT2D eigenvalue weighted by atomic mass is 35.5. The molecule has 2 saturated heterocycles. The largest absolute Gasteiger partial charge is 0.389 e. The maximum Gasteiger partial charge on any atom is 0.228 e. The lowest BCUT2D eigenvalue weighted by molar-refractivity contribution is -0.117. The van der Waals surface area contributed by atoms with Crippen molar-refractivity contribution in [1.82, 2.24) is 9.88 Å². The van der Waals surface area contributed by atoms with Crippen LogP contribution in [0, 0.1) is 5.92 Å². The summed E-state index contributed by atoms with van der Waals surface area (Å²) in [5.74, 6) is 1.19. The summed E-state index contributed by atoms with van der Waals surface area (Å²) in [5.41, 5.74) is 0.862. The second-order valence-electron chi connectivity index (χ2n) is 9.20. The number of aromatic nitrogens is 1. The Morgan fingerprint density at radius 1 is 1.23 bits per heavy atom. The molecular formula is C23H28ClN3O3. The Morgan fingerprint density at radius 2 is 2.00 bits per heavy atom. The van der Waals surface area contributed by atoms with Crippen molar-refractivity contribution in [2.24, 2.45) is 5.92 Å². The number of piperidine rings is 1. The van der Waals surface area contributed by atoms with Gasteiger partial charge in [0.25, 0.3) is 0 Å². The molecule has 3 fully saturated rings. The molecule has 5 rings (SSSR count). The van der Waals surface area contributed by atoms with E-state index in [2.05, 4.69) is 28.2 Å². The van der Waals surface area contributed by atoms with Crippen LogP contribution in [0.2, 0.25) is 5.02 Å². The van der Waals surface area contributed by atoms with Crippen LogP contribution >= 0.6 is 11.6 Å². The number of nitrogens with one attached hydrogen (secondary N) is 1. The van der Waals surface area contributed by atoms with Crippen LogP contribution in [0.1, 0.15) is 44.1 Å². The fourth-order valence-electron chi connectivity index (χ4n) is 4.79. The fourth-order valence-corrected chi connectivity index (χ4v) is 5.12. The van der Waals surface area contributed by atoms with Gasteiger partial charge in [-0.2, -0.15) is 0 Å². The number of hydrogen-bond acceptors (Lipinski definition) is 5. The lowest BCUT2D eigenvalue weighted by atomic mass is 9.85. The van der Waals surface area contributed by atoms with Crippen molar-refractivity contribution in [2.75, 3.05) is 31.6 Å². The maximum absolute atomic E-state index is 12.1. The van der Waals surface area contributed by atoms with Gasteiger partial charge in [0.2, 0.25) is 5.91 Å². The van der Waals surface area contributed by atoms with E-state index in [0.29, 0.717) is 24.9 Å². The van der Waals surface area contributed by atoms with Crippen LogP contribution in [-0.2, 0) is 9.53 Å². The third kappa shape index (κ3) is 3.71. The first-order valence-electron chi connectivity index (χ1n) is 10.8. The molecule has 2 aliphatic heterocycles. The van der Waals surface area contributed by atoms with E-state index in [9.17, 15) is 9.90 Å². The molecule has 3 heterocycles. The predicted molar refractivity (Wildman–Crippen MR) is 117 cm³/mol. The number of ether oxygens (including phenoxy) is 1. The Bertz CT molecular complexity index is 972. The quantitative estimate of drug-likeness (QED) is 0.777. The van der Waals surface area contributed by atoms with Crippen LogP contribution in [0.15, 0.2) is 24.4 Å².